The average Bonchev–Trinajstić information content (AvgIpc) is 1.79. The Hall–Kier alpha value is -1.18. The second kappa shape index (κ2) is 4.68. The Kier molecular flexibility index (Phi) is 4.12. The summed E-state index contributed by atoms with van der Waals surface area (Å²) in [4.78, 5) is 20.6. The molecule has 0 bridgehead atoms. The third-order valence-electron chi connectivity index (χ3n) is 0.773. The van der Waals surface area contributed by atoms with Gasteiger partial charge in [0.05, 0.1) is 0 Å². The topological polar surface area (TPSA) is 34.1 Å². The third-order valence-corrected chi connectivity index (χ3v) is 0.773. The summed E-state index contributed by atoms with van der Waals surface area (Å²) in [6, 6.07) is 0. The van der Waals surface area contributed by atoms with E-state index in [2.05, 4.69) is 0 Å². The van der Waals surface area contributed by atoms with E-state index in [1.54, 1.807) is 12.2 Å². The molecule has 0 N–H and O–H groups in total. The molecule has 0 aliphatic heterocycles. The molecular formula is C8H10O2. The van der Waals surface area contributed by atoms with Crippen molar-refractivity contribution < 1.29 is 9.59 Å². The molecule has 0 amide bonds. The summed E-state index contributed by atoms with van der Waals surface area (Å²) in [6.07, 6.45) is 5.90. The maximum absolute atomic E-state index is 10.3. The van der Waals surface area contributed by atoms with Crippen LogP contribution in [0.3, 0.4) is 0 Å². The van der Waals surface area contributed by atoms with Crippen LogP contribution in [0.1, 0.15) is 13.8 Å². The Labute approximate surface area is 60.2 Å². The van der Waals surface area contributed by atoms with Gasteiger partial charge in [-0.25, -0.2) is 0 Å². The predicted octanol–water partition coefficient (Wildman–Crippen LogP) is 1.28. The van der Waals surface area contributed by atoms with E-state index in [1.807, 2.05) is 0 Å². The minimum Gasteiger partial charge on any atom is -0.295 e. The second-order valence-electron chi connectivity index (χ2n) is 1.94. The molecule has 0 atom stereocenters. The maximum Gasteiger partial charge on any atom is 0.152 e. The summed E-state index contributed by atoms with van der Waals surface area (Å²) < 4.78 is 0. The molecule has 54 valence electrons. The minimum atomic E-state index is -0.0202. The third kappa shape index (κ3) is 6.82. The van der Waals surface area contributed by atoms with Crippen LogP contribution in [0.15, 0.2) is 24.3 Å². The van der Waals surface area contributed by atoms with Gasteiger partial charge < -0.3 is 0 Å². The molecule has 2 nitrogen and oxygen atoms in total. The van der Waals surface area contributed by atoms with Crippen LogP contribution in [-0.2, 0) is 9.59 Å². The minimum absolute atomic E-state index is 0.0202. The van der Waals surface area contributed by atoms with E-state index in [9.17, 15) is 9.59 Å². The first-order valence-electron chi connectivity index (χ1n) is 2.99. The Morgan fingerprint density at radius 1 is 0.900 bits per heavy atom. The van der Waals surface area contributed by atoms with E-state index < -0.39 is 0 Å². The predicted molar refractivity (Wildman–Crippen MR) is 39.6 cm³/mol. The molecule has 0 aromatic carbocycles. The summed E-state index contributed by atoms with van der Waals surface area (Å²) in [5, 5.41) is 0. The lowest BCUT2D eigenvalue weighted by Crippen LogP contribution is -1.80. The molecule has 0 saturated heterocycles. The van der Waals surface area contributed by atoms with Crippen molar-refractivity contribution in [3.05, 3.63) is 24.3 Å². The molecule has 0 fully saturated rings. The monoisotopic (exact) mass is 138 g/mol. The van der Waals surface area contributed by atoms with Gasteiger partial charge >= 0.3 is 0 Å². The number of carbonyl (C=O) groups excluding carboxylic acids is 2. The Morgan fingerprint density at radius 2 is 1.20 bits per heavy atom. The normalized spacial score (nSPS) is 11.0. The zero-order valence-electron chi connectivity index (χ0n) is 6.13. The summed E-state index contributed by atoms with van der Waals surface area (Å²) in [5.74, 6) is -0.0404. The van der Waals surface area contributed by atoms with Gasteiger partial charge in [0.1, 0.15) is 0 Å². The van der Waals surface area contributed by atoms with Crippen LogP contribution < -0.4 is 0 Å². The lowest BCUT2D eigenvalue weighted by atomic mass is 10.3. The van der Waals surface area contributed by atoms with E-state index in [-0.39, 0.29) is 11.6 Å². The van der Waals surface area contributed by atoms with Crippen LogP contribution in [0, 0.1) is 0 Å². The molecule has 0 aromatic rings. The fourth-order valence-corrected chi connectivity index (χ4v) is 0.382. The van der Waals surface area contributed by atoms with E-state index in [0.29, 0.717) is 0 Å². The van der Waals surface area contributed by atoms with Gasteiger partial charge in [-0.3, -0.25) is 9.59 Å². The molecule has 2 heteroatoms. The van der Waals surface area contributed by atoms with Crippen LogP contribution in [0.2, 0.25) is 0 Å². The SMILES string of the molecule is CC(=O)/C=C/C=C/C(C)=O. The highest BCUT2D eigenvalue weighted by Gasteiger charge is 1.79. The molecule has 0 aliphatic carbocycles. The van der Waals surface area contributed by atoms with Crippen molar-refractivity contribution in [3.63, 3.8) is 0 Å². The maximum atomic E-state index is 10.3. The number of carbonyl (C=O) groups is 2. The Balaban J connectivity index is 3.73. The second-order valence-corrected chi connectivity index (χ2v) is 1.94. The molecular weight excluding hydrogens is 128 g/mol. The summed E-state index contributed by atoms with van der Waals surface area (Å²) >= 11 is 0. The summed E-state index contributed by atoms with van der Waals surface area (Å²) in [6.45, 7) is 2.91. The lowest BCUT2D eigenvalue weighted by molar-refractivity contribution is -0.113. The van der Waals surface area contributed by atoms with Crippen molar-refractivity contribution in [1.82, 2.24) is 0 Å². The molecule has 0 aromatic heterocycles. The molecule has 0 aliphatic rings. The molecule has 0 spiro atoms. The van der Waals surface area contributed by atoms with E-state index >= 15 is 0 Å². The van der Waals surface area contributed by atoms with Crippen LogP contribution in [0.5, 0.6) is 0 Å². The van der Waals surface area contributed by atoms with Crippen molar-refractivity contribution in [2.75, 3.05) is 0 Å². The van der Waals surface area contributed by atoms with Crippen LogP contribution in [0.4, 0.5) is 0 Å². The van der Waals surface area contributed by atoms with E-state index in [4.69, 9.17) is 0 Å². The molecule has 0 rings (SSSR count). The Bertz CT molecular complexity index is 165. The summed E-state index contributed by atoms with van der Waals surface area (Å²) in [7, 11) is 0. The smallest absolute Gasteiger partial charge is 0.152 e. The molecule has 10 heavy (non-hydrogen) atoms. The molecule has 0 radical (unpaired) electrons. The zero-order valence-corrected chi connectivity index (χ0v) is 6.13. The average molecular weight is 138 g/mol. The van der Waals surface area contributed by atoms with Gasteiger partial charge in [0.2, 0.25) is 0 Å². The van der Waals surface area contributed by atoms with Crippen LogP contribution >= 0.6 is 0 Å². The number of rotatable bonds is 3. The van der Waals surface area contributed by atoms with E-state index in [0.717, 1.165) is 0 Å². The van der Waals surface area contributed by atoms with Gasteiger partial charge in [-0.1, -0.05) is 12.2 Å². The van der Waals surface area contributed by atoms with Crippen LogP contribution in [0.25, 0.3) is 0 Å². The lowest BCUT2D eigenvalue weighted by Gasteiger charge is -1.75. The highest BCUT2D eigenvalue weighted by atomic mass is 16.1. The van der Waals surface area contributed by atoms with Gasteiger partial charge in [-0.2, -0.15) is 0 Å². The number of allylic oxidation sites excluding steroid dienone is 4. The number of hydrogen-bond donors (Lipinski definition) is 0. The number of ketones is 2. The van der Waals surface area contributed by atoms with Gasteiger partial charge in [-0.15, -0.1) is 0 Å². The highest BCUT2D eigenvalue weighted by molar-refractivity contribution is 5.89. The van der Waals surface area contributed by atoms with Gasteiger partial charge in [0, 0.05) is 0 Å². The van der Waals surface area contributed by atoms with Crippen molar-refractivity contribution in [1.29, 1.82) is 0 Å². The van der Waals surface area contributed by atoms with Crippen LogP contribution in [-0.4, -0.2) is 11.6 Å². The highest BCUT2D eigenvalue weighted by Crippen LogP contribution is 1.79. The van der Waals surface area contributed by atoms with Crippen molar-refractivity contribution in [2.45, 2.75) is 13.8 Å². The largest absolute Gasteiger partial charge is 0.295 e. The Morgan fingerprint density at radius 3 is 1.40 bits per heavy atom. The summed E-state index contributed by atoms with van der Waals surface area (Å²) in [5.41, 5.74) is 0. The first kappa shape index (κ1) is 8.82. The zero-order chi connectivity index (χ0) is 7.98. The molecule has 0 heterocycles. The fourth-order valence-electron chi connectivity index (χ4n) is 0.382. The first-order valence-corrected chi connectivity index (χ1v) is 2.99. The van der Waals surface area contributed by atoms with E-state index in [1.165, 1.54) is 26.0 Å². The fraction of sp³-hybridized carbons (Fsp3) is 0.250. The first-order chi connectivity index (χ1) is 4.63. The molecule has 0 unspecified atom stereocenters. The van der Waals surface area contributed by atoms with Crippen molar-refractivity contribution in [2.24, 2.45) is 0 Å². The van der Waals surface area contributed by atoms with Gasteiger partial charge in [0.25, 0.3) is 0 Å². The van der Waals surface area contributed by atoms with Crippen molar-refractivity contribution >= 4 is 11.6 Å². The standard InChI is InChI=1S/C8H10O2/c1-7(9)5-3-4-6-8(2)10/h3-6H,1-2H3/b5-3+,6-4+. The molecule has 0 saturated carbocycles. The van der Waals surface area contributed by atoms with Gasteiger partial charge in [-0.05, 0) is 26.0 Å². The van der Waals surface area contributed by atoms with Gasteiger partial charge in [0.15, 0.2) is 11.6 Å². The quantitative estimate of drug-likeness (QED) is 0.435. The van der Waals surface area contributed by atoms with Crippen molar-refractivity contribution in [3.8, 4) is 0 Å². The number of hydrogen-bond acceptors (Lipinski definition) is 2.